The molecule has 2 aliphatic heterocycles. The van der Waals surface area contributed by atoms with Crippen LogP contribution in [0, 0.1) is 5.92 Å². The Morgan fingerprint density at radius 1 is 1.33 bits per heavy atom. The van der Waals surface area contributed by atoms with Crippen LogP contribution in [0.3, 0.4) is 0 Å². The van der Waals surface area contributed by atoms with E-state index in [-0.39, 0.29) is 19.1 Å². The minimum absolute atomic E-state index is 0.219. The van der Waals surface area contributed by atoms with Gasteiger partial charge < -0.3 is 24.1 Å². The van der Waals surface area contributed by atoms with Crippen LogP contribution in [-0.2, 0) is 18.9 Å². The molecule has 8 heteroatoms. The van der Waals surface area contributed by atoms with E-state index in [1.165, 1.54) is 0 Å². The molecule has 3 rings (SSSR count). The summed E-state index contributed by atoms with van der Waals surface area (Å²) in [7, 11) is 0. The lowest BCUT2D eigenvalue weighted by Gasteiger charge is -2.47. The van der Waals surface area contributed by atoms with Crippen molar-refractivity contribution in [3.8, 4) is 0 Å². The standard InChI is InChI=1S/C16H21N3O5/c1-10-13(20)14-12(23-15(10)21-8-7-18-19-17)9-22-16(24-14)11-5-3-2-4-6-11/h2-6,10,12-16,20H,7-9H2,1H3/t10-,12?,13?,14+,15+,16?/m0/s1. The second-order valence-corrected chi connectivity index (χ2v) is 5.89. The van der Waals surface area contributed by atoms with Crippen molar-refractivity contribution < 1.29 is 24.1 Å². The number of hydrogen-bond donors (Lipinski definition) is 1. The maximum atomic E-state index is 10.6. The van der Waals surface area contributed by atoms with E-state index in [9.17, 15) is 5.11 Å². The molecular weight excluding hydrogens is 314 g/mol. The molecule has 0 bridgehead atoms. The summed E-state index contributed by atoms with van der Waals surface area (Å²) < 4.78 is 23.1. The van der Waals surface area contributed by atoms with Crippen LogP contribution in [0.15, 0.2) is 35.4 Å². The minimum Gasteiger partial charge on any atom is -0.390 e. The molecular formula is C16H21N3O5. The van der Waals surface area contributed by atoms with Crippen molar-refractivity contribution in [2.45, 2.75) is 37.8 Å². The normalized spacial score (nSPS) is 35.8. The van der Waals surface area contributed by atoms with E-state index in [0.29, 0.717) is 6.61 Å². The summed E-state index contributed by atoms with van der Waals surface area (Å²) in [6.45, 7) is 2.60. The third-order valence-corrected chi connectivity index (χ3v) is 4.28. The zero-order chi connectivity index (χ0) is 16.9. The zero-order valence-corrected chi connectivity index (χ0v) is 13.4. The van der Waals surface area contributed by atoms with E-state index in [0.717, 1.165) is 5.56 Å². The number of aliphatic hydroxyl groups excluding tert-OH is 1. The number of aliphatic hydroxyl groups is 1. The number of rotatable bonds is 5. The SMILES string of the molecule is C[C@H]1C(O)[C@@H]2OC(c3ccccc3)OCC2O[C@H]1OCCN=[N+]=[N-]. The van der Waals surface area contributed by atoms with Gasteiger partial charge in [-0.05, 0) is 5.53 Å². The lowest BCUT2D eigenvalue weighted by atomic mass is 9.91. The molecule has 8 nitrogen and oxygen atoms in total. The molecule has 2 fully saturated rings. The molecule has 3 unspecified atom stereocenters. The van der Waals surface area contributed by atoms with E-state index in [1.54, 1.807) is 0 Å². The largest absolute Gasteiger partial charge is 0.390 e. The second kappa shape index (κ2) is 7.94. The Labute approximate surface area is 139 Å². The smallest absolute Gasteiger partial charge is 0.184 e. The van der Waals surface area contributed by atoms with Gasteiger partial charge in [-0.3, -0.25) is 0 Å². The minimum atomic E-state index is -0.733. The van der Waals surface area contributed by atoms with Gasteiger partial charge >= 0.3 is 0 Å². The number of ether oxygens (including phenoxy) is 4. The Morgan fingerprint density at radius 3 is 2.88 bits per heavy atom. The van der Waals surface area contributed by atoms with Gasteiger partial charge in [0.2, 0.25) is 0 Å². The van der Waals surface area contributed by atoms with Crippen LogP contribution < -0.4 is 0 Å². The van der Waals surface area contributed by atoms with Crippen molar-refractivity contribution in [2.75, 3.05) is 19.8 Å². The highest BCUT2D eigenvalue weighted by Crippen LogP contribution is 2.36. The van der Waals surface area contributed by atoms with Gasteiger partial charge in [-0.25, -0.2) is 0 Å². The molecule has 0 saturated carbocycles. The van der Waals surface area contributed by atoms with E-state index in [1.807, 2.05) is 37.3 Å². The predicted molar refractivity (Wildman–Crippen MR) is 83.8 cm³/mol. The first-order valence-electron chi connectivity index (χ1n) is 7.98. The molecule has 6 atom stereocenters. The Kier molecular flexibility index (Phi) is 5.68. The van der Waals surface area contributed by atoms with Crippen LogP contribution in [0.4, 0.5) is 0 Å². The molecule has 0 radical (unpaired) electrons. The van der Waals surface area contributed by atoms with Crippen molar-refractivity contribution in [3.63, 3.8) is 0 Å². The quantitative estimate of drug-likeness (QED) is 0.384. The van der Waals surface area contributed by atoms with Gasteiger partial charge in [0.1, 0.15) is 12.2 Å². The molecule has 0 aliphatic carbocycles. The second-order valence-electron chi connectivity index (χ2n) is 5.89. The molecule has 2 saturated heterocycles. The lowest BCUT2D eigenvalue weighted by Crippen LogP contribution is -2.59. The van der Waals surface area contributed by atoms with Crippen LogP contribution in [0.2, 0.25) is 0 Å². The molecule has 0 aromatic heterocycles. The average Bonchev–Trinajstić information content (AvgIpc) is 2.63. The molecule has 2 aliphatic rings. The highest BCUT2D eigenvalue weighted by Gasteiger charge is 2.47. The summed E-state index contributed by atoms with van der Waals surface area (Å²) in [5.74, 6) is -0.271. The summed E-state index contributed by atoms with van der Waals surface area (Å²) in [6.07, 6.45) is -2.71. The van der Waals surface area contributed by atoms with Crippen molar-refractivity contribution in [1.82, 2.24) is 0 Å². The van der Waals surface area contributed by atoms with E-state index in [2.05, 4.69) is 10.0 Å². The van der Waals surface area contributed by atoms with E-state index < -0.39 is 30.9 Å². The zero-order valence-electron chi connectivity index (χ0n) is 13.4. The Balaban J connectivity index is 1.62. The van der Waals surface area contributed by atoms with Gasteiger partial charge in [0.15, 0.2) is 12.6 Å². The van der Waals surface area contributed by atoms with Gasteiger partial charge in [0, 0.05) is 22.9 Å². The molecule has 0 spiro atoms. The van der Waals surface area contributed by atoms with E-state index >= 15 is 0 Å². The monoisotopic (exact) mass is 335 g/mol. The third-order valence-electron chi connectivity index (χ3n) is 4.28. The van der Waals surface area contributed by atoms with Crippen LogP contribution in [0.5, 0.6) is 0 Å². The Bertz CT molecular complexity index is 578. The predicted octanol–water partition coefficient (Wildman–Crippen LogP) is 2.15. The van der Waals surface area contributed by atoms with Crippen molar-refractivity contribution in [2.24, 2.45) is 11.0 Å². The van der Waals surface area contributed by atoms with Crippen LogP contribution in [0.1, 0.15) is 18.8 Å². The number of benzene rings is 1. The topological polar surface area (TPSA) is 106 Å². The molecule has 2 heterocycles. The summed E-state index contributed by atoms with van der Waals surface area (Å²) in [4.78, 5) is 2.67. The van der Waals surface area contributed by atoms with Crippen LogP contribution >= 0.6 is 0 Å². The fraction of sp³-hybridized carbons (Fsp3) is 0.625. The lowest BCUT2D eigenvalue weighted by molar-refractivity contribution is -0.351. The van der Waals surface area contributed by atoms with Gasteiger partial charge in [0.05, 0.1) is 19.3 Å². The summed E-state index contributed by atoms with van der Waals surface area (Å²) >= 11 is 0. The maximum absolute atomic E-state index is 10.6. The molecule has 130 valence electrons. The maximum Gasteiger partial charge on any atom is 0.184 e. The summed E-state index contributed by atoms with van der Waals surface area (Å²) in [5, 5.41) is 14.0. The molecule has 0 amide bonds. The van der Waals surface area contributed by atoms with Crippen molar-refractivity contribution in [3.05, 3.63) is 46.3 Å². The molecule has 1 aromatic rings. The first-order valence-corrected chi connectivity index (χ1v) is 7.98. The number of fused-ring (bicyclic) bond motifs is 1. The van der Waals surface area contributed by atoms with Crippen molar-refractivity contribution >= 4 is 0 Å². The average molecular weight is 335 g/mol. The first-order chi connectivity index (χ1) is 11.7. The molecule has 24 heavy (non-hydrogen) atoms. The van der Waals surface area contributed by atoms with Crippen LogP contribution in [0.25, 0.3) is 10.4 Å². The van der Waals surface area contributed by atoms with Crippen LogP contribution in [-0.4, -0.2) is 49.5 Å². The molecule has 1 aromatic carbocycles. The Morgan fingerprint density at radius 2 is 2.12 bits per heavy atom. The number of hydrogen-bond acceptors (Lipinski definition) is 6. The van der Waals surface area contributed by atoms with Crippen molar-refractivity contribution in [1.29, 1.82) is 0 Å². The fourth-order valence-corrected chi connectivity index (χ4v) is 2.95. The number of nitrogens with zero attached hydrogens (tertiary/aromatic N) is 3. The van der Waals surface area contributed by atoms with Gasteiger partial charge in [-0.15, -0.1) is 0 Å². The Hall–Kier alpha value is -1.67. The highest BCUT2D eigenvalue weighted by molar-refractivity contribution is 5.16. The fourth-order valence-electron chi connectivity index (χ4n) is 2.95. The van der Waals surface area contributed by atoms with Gasteiger partial charge in [-0.2, -0.15) is 0 Å². The number of azide groups is 1. The first kappa shape index (κ1) is 17.2. The van der Waals surface area contributed by atoms with Gasteiger partial charge in [-0.1, -0.05) is 42.4 Å². The summed E-state index contributed by atoms with van der Waals surface area (Å²) in [5.41, 5.74) is 9.17. The van der Waals surface area contributed by atoms with E-state index in [4.69, 9.17) is 24.5 Å². The third kappa shape index (κ3) is 3.70. The van der Waals surface area contributed by atoms with Gasteiger partial charge in [0.25, 0.3) is 0 Å². The highest BCUT2D eigenvalue weighted by atomic mass is 16.7. The summed E-state index contributed by atoms with van der Waals surface area (Å²) in [6, 6.07) is 9.60. The molecule has 1 N–H and O–H groups in total.